The molecule has 0 unspecified atom stereocenters. The fraction of sp³-hybridized carbons (Fsp3) is 0.765. The van der Waals surface area contributed by atoms with Gasteiger partial charge in [0.2, 0.25) is 0 Å². The maximum absolute atomic E-state index is 11.5. The van der Waals surface area contributed by atoms with Gasteiger partial charge in [-0.2, -0.15) is 0 Å². The van der Waals surface area contributed by atoms with Crippen LogP contribution in [0.15, 0.2) is 12.2 Å². The van der Waals surface area contributed by atoms with Crippen LogP contribution in [0, 0.1) is 0 Å². The summed E-state index contributed by atoms with van der Waals surface area (Å²) < 4.78 is 4.57. The van der Waals surface area contributed by atoms with Crippen molar-refractivity contribution in [3.63, 3.8) is 0 Å². The van der Waals surface area contributed by atoms with Gasteiger partial charge in [-0.05, 0) is 31.8 Å². The number of carbonyl (C=O) groups excluding carboxylic acids is 2. The van der Waals surface area contributed by atoms with Crippen molar-refractivity contribution < 1.29 is 14.3 Å². The van der Waals surface area contributed by atoms with E-state index in [1.165, 1.54) is 32.8 Å². The Morgan fingerprint density at radius 3 is 2.25 bits per heavy atom. The molecule has 0 bridgehead atoms. The zero-order chi connectivity index (χ0) is 15.1. The molecule has 0 aromatic carbocycles. The van der Waals surface area contributed by atoms with E-state index in [0.29, 0.717) is 12.8 Å². The van der Waals surface area contributed by atoms with E-state index in [1.54, 1.807) is 6.08 Å². The molecule has 0 rings (SSSR count). The van der Waals surface area contributed by atoms with Crippen LogP contribution in [0.25, 0.3) is 0 Å². The minimum absolute atomic E-state index is 0.140. The maximum Gasteiger partial charge on any atom is 0.305 e. The molecule has 3 nitrogen and oxygen atoms in total. The summed E-state index contributed by atoms with van der Waals surface area (Å²) in [6.45, 7) is 2.19. The number of rotatable bonds is 13. The number of allylic oxidation sites excluding steroid dienone is 2. The fourth-order valence-corrected chi connectivity index (χ4v) is 2.01. The zero-order valence-corrected chi connectivity index (χ0v) is 13.2. The number of ether oxygens (including phenoxy) is 1. The Labute approximate surface area is 123 Å². The van der Waals surface area contributed by atoms with Gasteiger partial charge < -0.3 is 4.74 Å². The molecule has 0 N–H and O–H groups in total. The van der Waals surface area contributed by atoms with Gasteiger partial charge in [0, 0.05) is 12.8 Å². The maximum atomic E-state index is 11.5. The molecule has 0 atom stereocenters. The Morgan fingerprint density at radius 1 is 0.900 bits per heavy atom. The van der Waals surface area contributed by atoms with Gasteiger partial charge in [-0.3, -0.25) is 9.59 Å². The van der Waals surface area contributed by atoms with Gasteiger partial charge in [-0.1, -0.05) is 45.1 Å². The zero-order valence-electron chi connectivity index (χ0n) is 13.2. The van der Waals surface area contributed by atoms with Gasteiger partial charge >= 0.3 is 5.97 Å². The molecule has 0 saturated heterocycles. The molecule has 0 amide bonds. The number of hydrogen-bond donors (Lipinski definition) is 0. The molecule has 0 spiro atoms. The molecular formula is C17H30O3. The van der Waals surface area contributed by atoms with Crippen LogP contribution in [-0.2, 0) is 14.3 Å². The van der Waals surface area contributed by atoms with Crippen LogP contribution in [0.2, 0.25) is 0 Å². The Kier molecular flexibility index (Phi) is 13.5. The van der Waals surface area contributed by atoms with Crippen molar-refractivity contribution in [2.45, 2.75) is 77.6 Å². The highest BCUT2D eigenvalue weighted by atomic mass is 16.5. The van der Waals surface area contributed by atoms with Crippen molar-refractivity contribution in [3.05, 3.63) is 12.2 Å². The predicted molar refractivity (Wildman–Crippen MR) is 82.6 cm³/mol. The monoisotopic (exact) mass is 282 g/mol. The summed E-state index contributed by atoms with van der Waals surface area (Å²) in [5, 5.41) is 0. The topological polar surface area (TPSA) is 43.4 Å². The number of ketones is 1. The molecule has 116 valence electrons. The molecule has 0 aliphatic carbocycles. The third-order valence-electron chi connectivity index (χ3n) is 3.31. The van der Waals surface area contributed by atoms with Crippen molar-refractivity contribution in [2.75, 3.05) is 7.11 Å². The van der Waals surface area contributed by atoms with Gasteiger partial charge in [0.25, 0.3) is 0 Å². The van der Waals surface area contributed by atoms with Gasteiger partial charge in [0.1, 0.15) is 0 Å². The third kappa shape index (κ3) is 13.3. The third-order valence-corrected chi connectivity index (χ3v) is 3.31. The number of unbranched alkanes of at least 4 members (excludes halogenated alkanes) is 7. The highest BCUT2D eigenvalue weighted by molar-refractivity contribution is 5.89. The van der Waals surface area contributed by atoms with Crippen molar-refractivity contribution in [1.29, 1.82) is 0 Å². The normalized spacial score (nSPS) is 10.9. The summed E-state index contributed by atoms with van der Waals surface area (Å²) in [6, 6.07) is 0. The number of methoxy groups -OCH3 is 1. The molecule has 0 aliphatic heterocycles. The Morgan fingerprint density at radius 2 is 1.55 bits per heavy atom. The summed E-state index contributed by atoms with van der Waals surface area (Å²) in [5.74, 6) is 0.106. The second kappa shape index (κ2) is 14.3. The lowest BCUT2D eigenvalue weighted by Crippen LogP contribution is -1.98. The number of hydrogen-bond acceptors (Lipinski definition) is 3. The molecular weight excluding hydrogens is 252 g/mol. The molecule has 0 heterocycles. The number of carbonyl (C=O) groups is 2. The Balaban J connectivity index is 3.36. The van der Waals surface area contributed by atoms with Crippen LogP contribution in [0.4, 0.5) is 0 Å². The number of esters is 1. The molecule has 0 saturated carbocycles. The highest BCUT2D eigenvalue weighted by Gasteiger charge is 1.99. The van der Waals surface area contributed by atoms with Crippen molar-refractivity contribution in [2.24, 2.45) is 0 Å². The second-order valence-corrected chi connectivity index (χ2v) is 5.21. The van der Waals surface area contributed by atoms with Crippen LogP contribution in [0.1, 0.15) is 77.6 Å². The first-order chi connectivity index (χ1) is 9.70. The standard InChI is InChI=1S/C17H30O3/c1-3-4-5-7-10-13-16(18)14-11-8-6-9-12-15-17(19)20-2/h11,14H,3-10,12-13,15H2,1-2H3. The fourth-order valence-electron chi connectivity index (χ4n) is 2.01. The van der Waals surface area contributed by atoms with Crippen molar-refractivity contribution >= 4 is 11.8 Å². The Hall–Kier alpha value is -1.12. The van der Waals surface area contributed by atoms with Gasteiger partial charge in [-0.25, -0.2) is 0 Å². The van der Waals surface area contributed by atoms with Gasteiger partial charge in [0.05, 0.1) is 7.11 Å². The largest absolute Gasteiger partial charge is 0.469 e. The smallest absolute Gasteiger partial charge is 0.305 e. The molecule has 0 radical (unpaired) electrons. The lowest BCUT2D eigenvalue weighted by molar-refractivity contribution is -0.140. The average molecular weight is 282 g/mol. The quantitative estimate of drug-likeness (QED) is 0.282. The molecule has 3 heteroatoms. The van der Waals surface area contributed by atoms with Crippen molar-refractivity contribution in [1.82, 2.24) is 0 Å². The second-order valence-electron chi connectivity index (χ2n) is 5.21. The van der Waals surface area contributed by atoms with Crippen LogP contribution in [0.3, 0.4) is 0 Å². The SMILES string of the molecule is CCCCCCCC(=O)C=CCCCCCC(=O)OC. The summed E-state index contributed by atoms with van der Waals surface area (Å²) in [4.78, 5) is 22.4. The first kappa shape index (κ1) is 18.9. The summed E-state index contributed by atoms with van der Waals surface area (Å²) in [6.07, 6.45) is 14.6. The van der Waals surface area contributed by atoms with Gasteiger partial charge in [-0.15, -0.1) is 0 Å². The molecule has 0 aromatic rings. The van der Waals surface area contributed by atoms with Crippen LogP contribution in [-0.4, -0.2) is 18.9 Å². The van der Waals surface area contributed by atoms with E-state index in [4.69, 9.17) is 0 Å². The predicted octanol–water partition coefficient (Wildman–Crippen LogP) is 4.60. The van der Waals surface area contributed by atoms with Crippen molar-refractivity contribution in [3.8, 4) is 0 Å². The molecule has 0 fully saturated rings. The summed E-state index contributed by atoms with van der Waals surface area (Å²) >= 11 is 0. The van der Waals surface area contributed by atoms with Crippen LogP contribution >= 0.6 is 0 Å². The van der Waals surface area contributed by atoms with E-state index in [1.807, 2.05) is 6.08 Å². The van der Waals surface area contributed by atoms with E-state index in [-0.39, 0.29) is 11.8 Å². The molecule has 0 aromatic heterocycles. The molecule has 20 heavy (non-hydrogen) atoms. The van der Waals surface area contributed by atoms with E-state index in [9.17, 15) is 9.59 Å². The van der Waals surface area contributed by atoms with Crippen LogP contribution < -0.4 is 0 Å². The minimum Gasteiger partial charge on any atom is -0.469 e. The highest BCUT2D eigenvalue weighted by Crippen LogP contribution is 2.07. The van der Waals surface area contributed by atoms with Crippen LogP contribution in [0.5, 0.6) is 0 Å². The Bertz CT molecular complexity index is 282. The van der Waals surface area contributed by atoms with E-state index >= 15 is 0 Å². The first-order valence-electron chi connectivity index (χ1n) is 7.97. The van der Waals surface area contributed by atoms with E-state index < -0.39 is 0 Å². The summed E-state index contributed by atoms with van der Waals surface area (Å²) in [5.41, 5.74) is 0. The molecule has 0 aliphatic rings. The summed E-state index contributed by atoms with van der Waals surface area (Å²) in [7, 11) is 1.42. The average Bonchev–Trinajstić information content (AvgIpc) is 2.45. The van der Waals surface area contributed by atoms with Gasteiger partial charge in [0.15, 0.2) is 5.78 Å². The minimum atomic E-state index is -0.140. The lowest BCUT2D eigenvalue weighted by Gasteiger charge is -1.99. The first-order valence-corrected chi connectivity index (χ1v) is 7.97. The van der Waals surface area contributed by atoms with E-state index in [2.05, 4.69) is 11.7 Å². The van der Waals surface area contributed by atoms with E-state index in [0.717, 1.165) is 32.1 Å². The lowest BCUT2D eigenvalue weighted by atomic mass is 10.1.